The molecular formula is C16H13ClN4O2S. The van der Waals surface area contributed by atoms with E-state index in [9.17, 15) is 4.79 Å². The maximum atomic E-state index is 11.2. The van der Waals surface area contributed by atoms with Gasteiger partial charge in [-0.3, -0.25) is 9.78 Å². The van der Waals surface area contributed by atoms with Crippen molar-refractivity contribution in [2.45, 2.75) is 6.54 Å². The Hall–Kier alpha value is -2.64. The lowest BCUT2D eigenvalue weighted by atomic mass is 10.3. The van der Waals surface area contributed by atoms with E-state index >= 15 is 0 Å². The summed E-state index contributed by atoms with van der Waals surface area (Å²) >= 11 is 7.24. The van der Waals surface area contributed by atoms with Crippen molar-refractivity contribution in [1.29, 1.82) is 0 Å². The standard InChI is InChI=1S/C16H13ClN4O2S/c17-16-21-9-13(24-16)8-20-10-2-1-3-11(6-10)23-12-4-5-19-14(7-12)15(18)22/h1-7,9,20H,8H2,(H2,18,22). The van der Waals surface area contributed by atoms with E-state index in [1.165, 1.54) is 23.6 Å². The van der Waals surface area contributed by atoms with E-state index in [1.54, 1.807) is 12.3 Å². The van der Waals surface area contributed by atoms with Gasteiger partial charge in [0.05, 0.1) is 6.54 Å². The molecule has 0 spiro atoms. The van der Waals surface area contributed by atoms with Crippen LogP contribution in [0.2, 0.25) is 4.47 Å². The molecule has 2 heterocycles. The number of rotatable bonds is 6. The molecule has 0 radical (unpaired) electrons. The normalized spacial score (nSPS) is 10.4. The summed E-state index contributed by atoms with van der Waals surface area (Å²) in [5, 5.41) is 3.28. The number of anilines is 1. The highest BCUT2D eigenvalue weighted by molar-refractivity contribution is 7.15. The largest absolute Gasteiger partial charge is 0.457 e. The van der Waals surface area contributed by atoms with Crippen molar-refractivity contribution in [2.24, 2.45) is 5.73 Å². The van der Waals surface area contributed by atoms with Gasteiger partial charge in [-0.1, -0.05) is 17.7 Å². The Labute approximate surface area is 147 Å². The predicted octanol–water partition coefficient (Wildman–Crippen LogP) is 3.69. The van der Waals surface area contributed by atoms with Crippen LogP contribution in [0.3, 0.4) is 0 Å². The second-order valence-corrected chi connectivity index (χ2v) is 6.50. The molecule has 3 aromatic rings. The number of thiazole rings is 1. The first-order valence-corrected chi connectivity index (χ1v) is 8.17. The van der Waals surface area contributed by atoms with Crippen LogP contribution in [0.1, 0.15) is 15.4 Å². The van der Waals surface area contributed by atoms with Crippen LogP contribution in [0, 0.1) is 0 Å². The van der Waals surface area contributed by atoms with E-state index in [1.807, 2.05) is 24.3 Å². The van der Waals surface area contributed by atoms with E-state index in [-0.39, 0.29) is 5.69 Å². The topological polar surface area (TPSA) is 90.1 Å². The van der Waals surface area contributed by atoms with Gasteiger partial charge < -0.3 is 15.8 Å². The van der Waals surface area contributed by atoms with Crippen molar-refractivity contribution < 1.29 is 9.53 Å². The summed E-state index contributed by atoms with van der Waals surface area (Å²) in [7, 11) is 0. The van der Waals surface area contributed by atoms with Gasteiger partial charge in [-0.25, -0.2) is 4.98 Å². The van der Waals surface area contributed by atoms with E-state index in [0.29, 0.717) is 22.5 Å². The van der Waals surface area contributed by atoms with Crippen molar-refractivity contribution in [3.8, 4) is 11.5 Å². The van der Waals surface area contributed by atoms with Crippen LogP contribution >= 0.6 is 22.9 Å². The molecule has 0 saturated carbocycles. The van der Waals surface area contributed by atoms with Crippen LogP contribution in [0.15, 0.2) is 48.8 Å². The molecule has 3 N–H and O–H groups in total. The molecule has 122 valence electrons. The van der Waals surface area contributed by atoms with E-state index < -0.39 is 5.91 Å². The van der Waals surface area contributed by atoms with Gasteiger partial charge in [0.25, 0.3) is 5.91 Å². The molecule has 24 heavy (non-hydrogen) atoms. The second-order valence-electron chi connectivity index (χ2n) is 4.80. The van der Waals surface area contributed by atoms with Crippen molar-refractivity contribution in [1.82, 2.24) is 9.97 Å². The van der Waals surface area contributed by atoms with Crippen LogP contribution in [-0.4, -0.2) is 15.9 Å². The van der Waals surface area contributed by atoms with Gasteiger partial charge in [0.2, 0.25) is 0 Å². The Kier molecular flexibility index (Phi) is 4.93. The summed E-state index contributed by atoms with van der Waals surface area (Å²) in [5.74, 6) is 0.522. The van der Waals surface area contributed by atoms with Crippen LogP contribution in [0.4, 0.5) is 5.69 Å². The summed E-state index contributed by atoms with van der Waals surface area (Å²) < 4.78 is 6.27. The first-order valence-electron chi connectivity index (χ1n) is 6.98. The average Bonchev–Trinajstić information content (AvgIpc) is 2.99. The molecule has 0 saturated heterocycles. The Bertz CT molecular complexity index is 869. The number of carbonyl (C=O) groups is 1. The number of hydrogen-bond acceptors (Lipinski definition) is 6. The molecule has 0 fully saturated rings. The Morgan fingerprint density at radius 1 is 1.25 bits per heavy atom. The third-order valence-corrected chi connectivity index (χ3v) is 4.16. The molecule has 2 aromatic heterocycles. The molecule has 3 rings (SSSR count). The highest BCUT2D eigenvalue weighted by Gasteiger charge is 2.05. The fraction of sp³-hybridized carbons (Fsp3) is 0.0625. The van der Waals surface area contributed by atoms with E-state index in [4.69, 9.17) is 22.1 Å². The summed E-state index contributed by atoms with van der Waals surface area (Å²) in [5.41, 5.74) is 6.26. The van der Waals surface area contributed by atoms with Crippen molar-refractivity contribution in [2.75, 3.05) is 5.32 Å². The molecule has 0 unspecified atom stereocenters. The molecule has 1 amide bonds. The number of primary amides is 1. The summed E-state index contributed by atoms with van der Waals surface area (Å²) in [6.07, 6.45) is 3.22. The lowest BCUT2D eigenvalue weighted by Gasteiger charge is -2.09. The highest BCUT2D eigenvalue weighted by atomic mass is 35.5. The summed E-state index contributed by atoms with van der Waals surface area (Å²) in [4.78, 5) is 20.1. The fourth-order valence-corrected chi connectivity index (χ4v) is 2.89. The minimum Gasteiger partial charge on any atom is -0.457 e. The van der Waals surface area contributed by atoms with E-state index in [2.05, 4.69) is 15.3 Å². The second kappa shape index (κ2) is 7.29. The number of halogens is 1. The quantitative estimate of drug-likeness (QED) is 0.699. The lowest BCUT2D eigenvalue weighted by Crippen LogP contribution is -2.12. The monoisotopic (exact) mass is 360 g/mol. The minimum absolute atomic E-state index is 0.156. The molecule has 0 bridgehead atoms. The van der Waals surface area contributed by atoms with Crippen LogP contribution in [-0.2, 0) is 6.54 Å². The summed E-state index contributed by atoms with van der Waals surface area (Å²) in [6, 6.07) is 10.6. The number of aromatic nitrogens is 2. The maximum Gasteiger partial charge on any atom is 0.267 e. The number of nitrogens with one attached hydrogen (secondary N) is 1. The minimum atomic E-state index is -0.598. The molecule has 0 aliphatic rings. The van der Waals surface area contributed by atoms with Gasteiger partial charge in [-0.2, -0.15) is 0 Å². The van der Waals surface area contributed by atoms with Gasteiger partial charge in [0, 0.05) is 35.1 Å². The Morgan fingerprint density at radius 2 is 2.08 bits per heavy atom. The molecule has 0 aliphatic carbocycles. The Morgan fingerprint density at radius 3 is 2.83 bits per heavy atom. The zero-order valence-corrected chi connectivity index (χ0v) is 14.0. The number of carbonyl (C=O) groups excluding carboxylic acids is 1. The number of hydrogen-bond donors (Lipinski definition) is 2. The number of nitrogens with zero attached hydrogens (tertiary/aromatic N) is 2. The van der Waals surface area contributed by atoms with Crippen LogP contribution in [0.5, 0.6) is 11.5 Å². The number of benzene rings is 1. The molecule has 0 atom stereocenters. The molecule has 6 nitrogen and oxygen atoms in total. The Balaban J connectivity index is 1.68. The summed E-state index contributed by atoms with van der Waals surface area (Å²) in [6.45, 7) is 0.620. The van der Waals surface area contributed by atoms with E-state index in [0.717, 1.165) is 10.6 Å². The predicted molar refractivity (Wildman–Crippen MR) is 93.7 cm³/mol. The van der Waals surface area contributed by atoms with Crippen molar-refractivity contribution in [3.05, 3.63) is 63.8 Å². The van der Waals surface area contributed by atoms with Crippen molar-refractivity contribution >= 4 is 34.5 Å². The highest BCUT2D eigenvalue weighted by Crippen LogP contribution is 2.25. The zero-order chi connectivity index (χ0) is 16.9. The number of nitrogens with two attached hydrogens (primary N) is 1. The molecule has 0 aliphatic heterocycles. The van der Waals surface area contributed by atoms with Crippen LogP contribution in [0.25, 0.3) is 0 Å². The third kappa shape index (κ3) is 4.21. The smallest absolute Gasteiger partial charge is 0.267 e. The number of ether oxygens (including phenoxy) is 1. The first kappa shape index (κ1) is 16.2. The SMILES string of the molecule is NC(=O)c1cc(Oc2cccc(NCc3cnc(Cl)s3)c2)ccn1. The van der Waals surface area contributed by atoms with Gasteiger partial charge in [-0.05, 0) is 18.2 Å². The lowest BCUT2D eigenvalue weighted by molar-refractivity contribution is 0.0995. The number of amides is 1. The fourth-order valence-electron chi connectivity index (χ4n) is 1.97. The maximum absolute atomic E-state index is 11.2. The van der Waals surface area contributed by atoms with Gasteiger partial charge in [0.15, 0.2) is 4.47 Å². The van der Waals surface area contributed by atoms with Gasteiger partial charge in [-0.15, -0.1) is 11.3 Å². The van der Waals surface area contributed by atoms with Gasteiger partial charge in [0.1, 0.15) is 17.2 Å². The average molecular weight is 361 g/mol. The first-order chi connectivity index (χ1) is 11.6. The van der Waals surface area contributed by atoms with Crippen LogP contribution < -0.4 is 15.8 Å². The zero-order valence-electron chi connectivity index (χ0n) is 12.4. The van der Waals surface area contributed by atoms with Crippen molar-refractivity contribution in [3.63, 3.8) is 0 Å². The molecular weight excluding hydrogens is 348 g/mol. The van der Waals surface area contributed by atoms with Gasteiger partial charge >= 0.3 is 0 Å². The molecule has 1 aromatic carbocycles. The number of pyridine rings is 1. The third-order valence-electron chi connectivity index (χ3n) is 3.05. The molecule has 8 heteroatoms.